The maximum atomic E-state index is 13.5. The SMILES string of the molecule is CC(C)(C)OC(=O)N(CCc1cnc([C@](O)(c2ccccc2)C2CCCCC2)o1)Cc1cccc(CCNCC(O)c2ccc(O)c3[nH]c(=O)sc23)c1. The minimum Gasteiger partial charge on any atom is -0.506 e. The Hall–Kier alpha value is -4.49. The van der Waals surface area contributed by atoms with E-state index in [1.54, 1.807) is 17.2 Å². The summed E-state index contributed by atoms with van der Waals surface area (Å²) in [4.78, 5) is 33.9. The van der Waals surface area contributed by atoms with Gasteiger partial charge in [-0.15, -0.1) is 0 Å². The molecule has 1 amide bonds. The average molecular weight is 743 g/mol. The van der Waals surface area contributed by atoms with Gasteiger partial charge in [-0.2, -0.15) is 0 Å². The summed E-state index contributed by atoms with van der Waals surface area (Å²) in [5.41, 5.74) is 1.69. The number of fused-ring (bicyclic) bond motifs is 1. The molecule has 53 heavy (non-hydrogen) atoms. The van der Waals surface area contributed by atoms with Crippen LogP contribution in [0, 0.1) is 5.92 Å². The number of phenolic OH excluding ortho intramolecular Hbond substituents is 1. The summed E-state index contributed by atoms with van der Waals surface area (Å²) in [6, 6.07) is 20.8. The molecule has 2 heterocycles. The number of aromatic hydroxyl groups is 1. The van der Waals surface area contributed by atoms with Crippen molar-refractivity contribution < 1.29 is 29.3 Å². The minimum atomic E-state index is -1.33. The van der Waals surface area contributed by atoms with Gasteiger partial charge in [-0.3, -0.25) is 4.79 Å². The number of rotatable bonds is 14. The van der Waals surface area contributed by atoms with E-state index in [9.17, 15) is 24.9 Å². The monoisotopic (exact) mass is 742 g/mol. The van der Waals surface area contributed by atoms with Gasteiger partial charge in [0.05, 0.1) is 17.0 Å². The number of aromatic amines is 1. The molecule has 12 heteroatoms. The van der Waals surface area contributed by atoms with Crippen molar-refractivity contribution in [1.29, 1.82) is 0 Å². The van der Waals surface area contributed by atoms with Crippen LogP contribution >= 0.6 is 11.3 Å². The summed E-state index contributed by atoms with van der Waals surface area (Å²) in [5.74, 6) is 0.848. The van der Waals surface area contributed by atoms with Crippen LogP contribution in [0.1, 0.15) is 92.9 Å². The van der Waals surface area contributed by atoms with E-state index < -0.39 is 23.4 Å². The number of carbonyl (C=O) groups excluding carboxylic acids is 1. The lowest BCUT2D eigenvalue weighted by Crippen LogP contribution is -2.38. The molecule has 1 aliphatic rings. The number of thiazole rings is 1. The van der Waals surface area contributed by atoms with E-state index in [0.717, 1.165) is 60.1 Å². The number of nitrogens with zero attached hydrogens (tertiary/aromatic N) is 2. The summed E-state index contributed by atoms with van der Waals surface area (Å²) in [6.07, 6.45) is 6.51. The highest BCUT2D eigenvalue weighted by Crippen LogP contribution is 2.43. The first kappa shape index (κ1) is 38.2. The molecule has 3 aromatic carbocycles. The van der Waals surface area contributed by atoms with Crippen LogP contribution in [0.5, 0.6) is 5.75 Å². The second-order valence-electron chi connectivity index (χ2n) is 14.9. The molecule has 0 bridgehead atoms. The predicted octanol–water partition coefficient (Wildman–Crippen LogP) is 6.94. The molecule has 0 saturated heterocycles. The van der Waals surface area contributed by atoms with Crippen LogP contribution in [0.2, 0.25) is 0 Å². The number of carbonyl (C=O) groups is 1. The van der Waals surface area contributed by atoms with Crippen LogP contribution in [-0.2, 0) is 29.7 Å². The molecular weight excluding hydrogens is 693 g/mol. The zero-order valence-corrected chi connectivity index (χ0v) is 31.5. The van der Waals surface area contributed by atoms with E-state index in [0.29, 0.717) is 59.9 Å². The molecule has 2 atom stereocenters. The smallest absolute Gasteiger partial charge is 0.410 e. The standard InChI is InChI=1S/C41H50N4O7S/c1-40(2,3)52-39(49)45(22-20-31-24-43-37(51-31)41(50,29-13-6-4-7-14-29)30-15-8-5-9-16-30)26-28-12-10-11-27(23-28)19-21-42-25-34(47)32-17-18-33(46)35-36(32)53-38(48)44-35/h4,6-7,10-14,17-18,23-24,30,34,42,46-47,50H,5,8-9,15-16,19-22,25-26H2,1-3H3,(H,44,48)/t34?,41-/m0/s1. The van der Waals surface area contributed by atoms with Crippen LogP contribution in [0.4, 0.5) is 4.79 Å². The molecular formula is C41H50N4O7S. The van der Waals surface area contributed by atoms with Crippen molar-refractivity contribution in [3.05, 3.63) is 116 Å². The summed E-state index contributed by atoms with van der Waals surface area (Å²) in [7, 11) is 0. The number of H-pyrrole nitrogens is 1. The first-order chi connectivity index (χ1) is 25.4. The Morgan fingerprint density at radius 2 is 1.81 bits per heavy atom. The number of aromatic nitrogens is 2. The van der Waals surface area contributed by atoms with Gasteiger partial charge in [0.15, 0.2) is 5.60 Å². The van der Waals surface area contributed by atoms with Crippen LogP contribution in [-0.4, -0.2) is 61.5 Å². The number of aliphatic hydroxyl groups is 2. The Morgan fingerprint density at radius 3 is 2.57 bits per heavy atom. The van der Waals surface area contributed by atoms with Crippen LogP contribution in [0.25, 0.3) is 10.2 Å². The van der Waals surface area contributed by atoms with Crippen molar-refractivity contribution >= 4 is 27.6 Å². The Balaban J connectivity index is 1.10. The minimum absolute atomic E-state index is 0.000509. The van der Waals surface area contributed by atoms with Crippen molar-refractivity contribution in [2.24, 2.45) is 5.92 Å². The molecule has 0 aliphatic heterocycles. The normalized spacial score (nSPS) is 15.6. The number of phenols is 1. The topological polar surface area (TPSA) is 161 Å². The molecule has 282 valence electrons. The van der Waals surface area contributed by atoms with E-state index in [1.165, 1.54) is 6.07 Å². The molecule has 5 aromatic rings. The lowest BCUT2D eigenvalue weighted by Gasteiger charge is -2.36. The van der Waals surface area contributed by atoms with Crippen molar-refractivity contribution in [2.75, 3.05) is 19.6 Å². The van der Waals surface area contributed by atoms with E-state index >= 15 is 0 Å². The van der Waals surface area contributed by atoms with Gasteiger partial charge in [-0.25, -0.2) is 9.78 Å². The third-order valence-corrected chi connectivity index (χ3v) is 10.7. The van der Waals surface area contributed by atoms with E-state index in [4.69, 9.17) is 9.15 Å². The molecule has 5 N–H and O–H groups in total. The van der Waals surface area contributed by atoms with Gasteiger partial charge in [0, 0.05) is 37.5 Å². The fraction of sp³-hybridized carbons (Fsp3) is 0.439. The fourth-order valence-corrected chi connectivity index (χ4v) is 8.06. The predicted molar refractivity (Wildman–Crippen MR) is 205 cm³/mol. The van der Waals surface area contributed by atoms with Crippen LogP contribution in [0.3, 0.4) is 0 Å². The van der Waals surface area contributed by atoms with Crippen molar-refractivity contribution in [2.45, 2.75) is 89.6 Å². The molecule has 1 fully saturated rings. The zero-order chi connectivity index (χ0) is 37.6. The highest BCUT2D eigenvalue weighted by atomic mass is 32.1. The van der Waals surface area contributed by atoms with E-state index in [-0.39, 0.29) is 23.1 Å². The Bertz CT molecular complexity index is 2030. The van der Waals surface area contributed by atoms with Crippen molar-refractivity contribution in [1.82, 2.24) is 20.2 Å². The maximum absolute atomic E-state index is 13.5. The molecule has 0 radical (unpaired) electrons. The average Bonchev–Trinajstić information content (AvgIpc) is 3.79. The molecule has 1 unspecified atom stereocenters. The largest absolute Gasteiger partial charge is 0.506 e. The lowest BCUT2D eigenvalue weighted by molar-refractivity contribution is -0.0240. The number of ether oxygens (including phenoxy) is 1. The number of oxazole rings is 1. The number of hydrogen-bond acceptors (Lipinski definition) is 10. The highest BCUT2D eigenvalue weighted by Gasteiger charge is 2.44. The van der Waals surface area contributed by atoms with Gasteiger partial charge in [0.25, 0.3) is 0 Å². The molecule has 11 nitrogen and oxygen atoms in total. The number of aliphatic hydroxyl groups excluding tert-OH is 1. The second kappa shape index (κ2) is 16.7. The fourth-order valence-electron chi connectivity index (χ4n) is 7.14. The zero-order valence-electron chi connectivity index (χ0n) is 30.6. The molecule has 0 spiro atoms. The second-order valence-corrected chi connectivity index (χ2v) is 15.9. The highest BCUT2D eigenvalue weighted by molar-refractivity contribution is 7.16. The summed E-state index contributed by atoms with van der Waals surface area (Å²) >= 11 is 0.963. The van der Waals surface area contributed by atoms with E-state index in [1.807, 2.05) is 69.3 Å². The van der Waals surface area contributed by atoms with Crippen LogP contribution in [0.15, 0.2) is 82.1 Å². The number of benzene rings is 3. The van der Waals surface area contributed by atoms with E-state index in [2.05, 4.69) is 21.4 Å². The maximum Gasteiger partial charge on any atom is 0.410 e. The van der Waals surface area contributed by atoms with Crippen molar-refractivity contribution in [3.8, 4) is 5.75 Å². The van der Waals surface area contributed by atoms with Gasteiger partial charge in [-0.05, 0) is 69.3 Å². The molecule has 6 rings (SSSR count). The Labute approximate surface area is 313 Å². The molecule has 2 aromatic heterocycles. The van der Waals surface area contributed by atoms with Gasteiger partial charge in [0.2, 0.25) is 5.89 Å². The lowest BCUT2D eigenvalue weighted by atomic mass is 9.73. The first-order valence-corrected chi connectivity index (χ1v) is 19.2. The molecule has 1 aliphatic carbocycles. The van der Waals surface area contributed by atoms with Crippen LogP contribution < -0.4 is 10.2 Å². The molecule has 1 saturated carbocycles. The van der Waals surface area contributed by atoms with Crippen molar-refractivity contribution in [3.63, 3.8) is 0 Å². The quantitative estimate of drug-likeness (QED) is 0.0759. The third kappa shape index (κ3) is 9.36. The Kier molecular flexibility index (Phi) is 12.0. The first-order valence-electron chi connectivity index (χ1n) is 18.4. The summed E-state index contributed by atoms with van der Waals surface area (Å²) in [5, 5.41) is 36.4. The summed E-state index contributed by atoms with van der Waals surface area (Å²) in [6.45, 7) is 7.03. The van der Waals surface area contributed by atoms with Gasteiger partial charge >= 0.3 is 11.0 Å². The number of hydrogen-bond donors (Lipinski definition) is 5. The number of amides is 1. The number of nitrogens with one attached hydrogen (secondary N) is 2. The summed E-state index contributed by atoms with van der Waals surface area (Å²) < 4.78 is 12.6. The van der Waals surface area contributed by atoms with Gasteiger partial charge in [0.1, 0.15) is 22.6 Å². The van der Waals surface area contributed by atoms with Gasteiger partial charge in [-0.1, -0.05) is 91.3 Å². The third-order valence-electron chi connectivity index (χ3n) is 9.81. The van der Waals surface area contributed by atoms with Gasteiger partial charge < -0.3 is 39.7 Å². The Morgan fingerprint density at radius 1 is 1.06 bits per heavy atom.